The molecule has 0 saturated heterocycles. The molecule has 0 radical (unpaired) electrons. The van der Waals surface area contributed by atoms with Gasteiger partial charge in [0.1, 0.15) is 28.5 Å². The number of carbonyl (C=O) groups excluding carboxylic acids is 2. The van der Waals surface area contributed by atoms with Crippen molar-refractivity contribution in [3.63, 3.8) is 0 Å². The number of furan rings is 1. The first-order chi connectivity index (χ1) is 18.4. The molecule has 0 atom stereocenters. The van der Waals surface area contributed by atoms with Gasteiger partial charge in [-0.3, -0.25) is 14.3 Å². The lowest BCUT2D eigenvalue weighted by Gasteiger charge is -2.11. The van der Waals surface area contributed by atoms with Crippen LogP contribution in [0.1, 0.15) is 38.7 Å². The van der Waals surface area contributed by atoms with Gasteiger partial charge in [-0.05, 0) is 30.3 Å². The van der Waals surface area contributed by atoms with Gasteiger partial charge in [0.05, 0.1) is 43.7 Å². The van der Waals surface area contributed by atoms with Crippen LogP contribution in [-0.2, 0) is 13.6 Å². The van der Waals surface area contributed by atoms with E-state index in [9.17, 15) is 18.4 Å². The second kappa shape index (κ2) is 10.1. The van der Waals surface area contributed by atoms with Crippen LogP contribution in [0.15, 0.2) is 65.5 Å². The first-order valence-electron chi connectivity index (χ1n) is 11.3. The van der Waals surface area contributed by atoms with Gasteiger partial charge in [0, 0.05) is 12.6 Å². The van der Waals surface area contributed by atoms with Crippen LogP contribution in [0.5, 0.6) is 5.75 Å². The number of fused-ring (bicyclic) bond motifs is 1. The maximum atomic E-state index is 14.0. The number of hydrogen-bond acceptors (Lipinski definition) is 7. The van der Waals surface area contributed by atoms with E-state index in [4.69, 9.17) is 9.15 Å². The number of para-hydroxylation sites is 1. The molecule has 2 amide bonds. The Morgan fingerprint density at radius 1 is 1.11 bits per heavy atom. The predicted octanol–water partition coefficient (Wildman–Crippen LogP) is 3.85. The lowest BCUT2D eigenvalue weighted by atomic mass is 10.1. The summed E-state index contributed by atoms with van der Waals surface area (Å²) in [4.78, 5) is 30.5. The molecule has 0 aliphatic rings. The highest BCUT2D eigenvalue weighted by molar-refractivity contribution is 6.11. The number of nitrogens with zero attached hydrogens (tertiary/aromatic N) is 5. The third-order valence-electron chi connectivity index (χ3n) is 5.76. The monoisotopic (exact) mass is 521 g/mol. The Labute approximate surface area is 214 Å². The molecule has 0 spiro atoms. The van der Waals surface area contributed by atoms with Gasteiger partial charge >= 0.3 is 0 Å². The number of methoxy groups -OCH3 is 1. The Kier molecular flexibility index (Phi) is 6.56. The number of carbonyl (C=O) groups is 2. The van der Waals surface area contributed by atoms with Gasteiger partial charge in [-0.1, -0.05) is 12.1 Å². The molecule has 0 fully saturated rings. The highest BCUT2D eigenvalue weighted by atomic mass is 19.3. The van der Waals surface area contributed by atoms with E-state index >= 15 is 0 Å². The molecule has 5 rings (SSSR count). The summed E-state index contributed by atoms with van der Waals surface area (Å²) in [5, 5.41) is 13.3. The van der Waals surface area contributed by atoms with Gasteiger partial charge in [-0.2, -0.15) is 10.2 Å². The molecule has 0 aliphatic carbocycles. The molecular formula is C25H21F2N7O4. The zero-order valence-corrected chi connectivity index (χ0v) is 20.2. The SMILES string of the molecule is COc1ccccc1-c1cc(C(F)F)n2ncc(C(=O)Nc3cnn(C)c3C(=O)NCc3ccco3)c2n1. The van der Waals surface area contributed by atoms with Crippen molar-refractivity contribution >= 4 is 23.1 Å². The van der Waals surface area contributed by atoms with Crippen molar-refractivity contribution in [1.82, 2.24) is 29.7 Å². The molecule has 38 heavy (non-hydrogen) atoms. The number of ether oxygens (including phenoxy) is 1. The van der Waals surface area contributed by atoms with E-state index in [1.165, 1.54) is 30.3 Å². The largest absolute Gasteiger partial charge is 0.496 e. The number of amides is 2. The van der Waals surface area contributed by atoms with Crippen LogP contribution < -0.4 is 15.4 Å². The minimum absolute atomic E-state index is 0.0746. The maximum absolute atomic E-state index is 14.0. The molecule has 13 heteroatoms. The normalized spacial score (nSPS) is 11.2. The molecule has 0 aliphatic heterocycles. The van der Waals surface area contributed by atoms with E-state index in [2.05, 4.69) is 25.8 Å². The van der Waals surface area contributed by atoms with E-state index in [-0.39, 0.29) is 34.8 Å². The fourth-order valence-electron chi connectivity index (χ4n) is 3.95. The number of hydrogen-bond donors (Lipinski definition) is 2. The number of benzene rings is 1. The third-order valence-corrected chi connectivity index (χ3v) is 5.76. The van der Waals surface area contributed by atoms with Gasteiger partial charge in [0.15, 0.2) is 5.65 Å². The standard InChI is InChI=1S/C25H21F2N7O4/c1-33-21(25(36)28-11-14-6-5-9-38-14)18(13-29-33)32-24(35)16-12-30-34-19(22(26)27)10-17(31-23(16)34)15-7-3-4-8-20(15)37-2/h3-10,12-13,22H,11H2,1-2H3,(H,28,36)(H,32,35). The molecule has 0 unspecified atom stereocenters. The summed E-state index contributed by atoms with van der Waals surface area (Å²) in [5.74, 6) is -0.244. The molecule has 4 aromatic heterocycles. The topological polar surface area (TPSA) is 129 Å². The van der Waals surface area contributed by atoms with Gasteiger partial charge in [-0.25, -0.2) is 18.3 Å². The van der Waals surface area contributed by atoms with Crippen LogP contribution in [-0.4, -0.2) is 43.3 Å². The minimum atomic E-state index is -2.90. The predicted molar refractivity (Wildman–Crippen MR) is 131 cm³/mol. The maximum Gasteiger partial charge on any atom is 0.280 e. The van der Waals surface area contributed by atoms with Crippen LogP contribution in [0.25, 0.3) is 16.9 Å². The number of anilines is 1. The summed E-state index contributed by atoms with van der Waals surface area (Å²) in [5.41, 5.74) is 0.229. The molecule has 0 bridgehead atoms. The average molecular weight is 521 g/mol. The third kappa shape index (κ3) is 4.56. The molecule has 0 saturated carbocycles. The van der Waals surface area contributed by atoms with Crippen molar-refractivity contribution in [2.45, 2.75) is 13.0 Å². The quantitative estimate of drug-likeness (QED) is 0.317. The summed E-state index contributed by atoms with van der Waals surface area (Å²) in [7, 11) is 3.00. The van der Waals surface area contributed by atoms with E-state index in [1.807, 2.05) is 0 Å². The highest BCUT2D eigenvalue weighted by Crippen LogP contribution is 2.32. The van der Waals surface area contributed by atoms with Crippen molar-refractivity contribution in [3.8, 4) is 17.0 Å². The van der Waals surface area contributed by atoms with Crippen LogP contribution in [0.3, 0.4) is 0 Å². The fourth-order valence-corrected chi connectivity index (χ4v) is 3.95. The molecule has 4 heterocycles. The summed E-state index contributed by atoms with van der Waals surface area (Å²) < 4.78 is 40.7. The highest BCUT2D eigenvalue weighted by Gasteiger charge is 2.25. The van der Waals surface area contributed by atoms with E-state index in [0.717, 1.165) is 10.7 Å². The summed E-state index contributed by atoms with van der Waals surface area (Å²) >= 11 is 0. The van der Waals surface area contributed by atoms with Gasteiger partial charge < -0.3 is 19.8 Å². The Hall–Kier alpha value is -5.07. The second-order valence-electron chi connectivity index (χ2n) is 8.11. The van der Waals surface area contributed by atoms with Crippen molar-refractivity contribution in [2.24, 2.45) is 7.05 Å². The summed E-state index contributed by atoms with van der Waals surface area (Å²) in [6.45, 7) is 0.129. The Balaban J connectivity index is 1.49. The zero-order chi connectivity index (χ0) is 26.8. The number of halogens is 2. The molecular weight excluding hydrogens is 500 g/mol. The van der Waals surface area contributed by atoms with E-state index in [0.29, 0.717) is 17.1 Å². The Morgan fingerprint density at radius 3 is 2.66 bits per heavy atom. The molecule has 1 aromatic carbocycles. The smallest absolute Gasteiger partial charge is 0.280 e. The summed E-state index contributed by atoms with van der Waals surface area (Å²) in [6, 6.07) is 11.4. The first-order valence-corrected chi connectivity index (χ1v) is 11.3. The van der Waals surface area contributed by atoms with Crippen molar-refractivity contribution < 1.29 is 27.5 Å². The lowest BCUT2D eigenvalue weighted by Crippen LogP contribution is -2.26. The Morgan fingerprint density at radius 2 is 1.92 bits per heavy atom. The minimum Gasteiger partial charge on any atom is -0.496 e. The average Bonchev–Trinajstić information content (AvgIpc) is 3.67. The van der Waals surface area contributed by atoms with Gasteiger partial charge in [-0.15, -0.1) is 0 Å². The molecule has 11 nitrogen and oxygen atoms in total. The Bertz CT molecular complexity index is 1630. The van der Waals surface area contributed by atoms with E-state index in [1.54, 1.807) is 43.4 Å². The van der Waals surface area contributed by atoms with Gasteiger partial charge in [0.2, 0.25) is 0 Å². The van der Waals surface area contributed by atoms with Gasteiger partial charge in [0.25, 0.3) is 18.2 Å². The number of alkyl halides is 2. The number of aromatic nitrogens is 5. The number of nitrogens with one attached hydrogen (secondary N) is 2. The summed E-state index contributed by atoms with van der Waals surface area (Å²) in [6.07, 6.45) is 1.04. The van der Waals surface area contributed by atoms with Crippen LogP contribution in [0, 0.1) is 0 Å². The molecule has 5 aromatic rings. The van der Waals surface area contributed by atoms with Crippen molar-refractivity contribution in [1.29, 1.82) is 0 Å². The van der Waals surface area contributed by atoms with Crippen molar-refractivity contribution in [3.05, 3.63) is 83.8 Å². The zero-order valence-electron chi connectivity index (χ0n) is 20.2. The van der Waals surface area contributed by atoms with Crippen LogP contribution >= 0.6 is 0 Å². The lowest BCUT2D eigenvalue weighted by molar-refractivity contribution is 0.0939. The van der Waals surface area contributed by atoms with Crippen LogP contribution in [0.4, 0.5) is 14.5 Å². The van der Waals surface area contributed by atoms with Crippen molar-refractivity contribution in [2.75, 3.05) is 12.4 Å². The van der Waals surface area contributed by atoms with E-state index < -0.39 is 23.9 Å². The van der Waals surface area contributed by atoms with Crippen LogP contribution in [0.2, 0.25) is 0 Å². The second-order valence-corrected chi connectivity index (χ2v) is 8.11. The number of rotatable bonds is 8. The first kappa shape index (κ1) is 24.6. The molecule has 2 N–H and O–H groups in total. The fraction of sp³-hybridized carbons (Fsp3) is 0.160. The number of aryl methyl sites for hydroxylation is 1. The molecule has 194 valence electrons.